The van der Waals surface area contributed by atoms with Gasteiger partial charge in [-0.2, -0.15) is 0 Å². The van der Waals surface area contributed by atoms with Crippen molar-refractivity contribution in [1.29, 1.82) is 0 Å². The molecule has 102 valence electrons. The largest absolute Gasteiger partial charge is 0.330 e. The summed E-state index contributed by atoms with van der Waals surface area (Å²) in [5.41, 5.74) is 6.96. The predicted molar refractivity (Wildman–Crippen MR) is 74.7 cm³/mol. The second-order valence-corrected chi connectivity index (χ2v) is 6.91. The molecule has 0 saturated heterocycles. The number of allylic oxidation sites excluding steroid dienone is 2. The highest BCUT2D eigenvalue weighted by Crippen LogP contribution is 2.42. The van der Waals surface area contributed by atoms with Crippen LogP contribution in [0, 0.1) is 16.7 Å². The number of alkyl halides is 1. The first-order valence-corrected chi connectivity index (χ1v) is 6.53. The molecule has 0 rings (SSSR count). The zero-order chi connectivity index (χ0) is 13.9. The number of nitrogens with two attached hydrogens (primary N) is 1. The van der Waals surface area contributed by atoms with Gasteiger partial charge in [0.15, 0.2) is 0 Å². The fourth-order valence-corrected chi connectivity index (χ4v) is 2.45. The first-order valence-electron chi connectivity index (χ1n) is 6.53. The standard InChI is InChI=1S/C15H30FN/c1-11(12(2)16)8-9-13(14(3,4)5)15(6,7)10-17/h8,12-13H,9-10,17H2,1-7H3/b11-8+/t12-,13-/m1/s1. The average molecular weight is 243 g/mol. The Labute approximate surface area is 107 Å². The number of rotatable bonds is 5. The molecule has 0 unspecified atom stereocenters. The Morgan fingerprint density at radius 2 is 1.71 bits per heavy atom. The van der Waals surface area contributed by atoms with E-state index in [4.69, 9.17) is 5.73 Å². The first-order chi connectivity index (χ1) is 7.52. The van der Waals surface area contributed by atoms with Crippen molar-refractivity contribution < 1.29 is 4.39 Å². The van der Waals surface area contributed by atoms with E-state index in [1.54, 1.807) is 6.92 Å². The molecule has 0 amide bonds. The number of hydrogen-bond acceptors (Lipinski definition) is 1. The minimum Gasteiger partial charge on any atom is -0.330 e. The Bertz CT molecular complexity index is 259. The molecular formula is C15H30FN. The van der Waals surface area contributed by atoms with Gasteiger partial charge in [0.05, 0.1) is 0 Å². The van der Waals surface area contributed by atoms with Crippen LogP contribution < -0.4 is 5.73 Å². The monoisotopic (exact) mass is 243 g/mol. The molecule has 0 bridgehead atoms. The summed E-state index contributed by atoms with van der Waals surface area (Å²) in [6, 6.07) is 0. The van der Waals surface area contributed by atoms with E-state index in [1.807, 2.05) is 13.0 Å². The fraction of sp³-hybridized carbons (Fsp3) is 0.867. The third kappa shape index (κ3) is 5.20. The van der Waals surface area contributed by atoms with Gasteiger partial charge in [-0.3, -0.25) is 0 Å². The first kappa shape index (κ1) is 16.6. The molecule has 0 aliphatic rings. The molecule has 0 fully saturated rings. The van der Waals surface area contributed by atoms with Crippen LogP contribution in [0.1, 0.15) is 54.9 Å². The lowest BCUT2D eigenvalue weighted by Crippen LogP contribution is -2.39. The summed E-state index contributed by atoms with van der Waals surface area (Å²) >= 11 is 0. The molecule has 1 nitrogen and oxygen atoms in total. The maximum atomic E-state index is 13.1. The molecule has 0 aromatic rings. The minimum absolute atomic E-state index is 0.0780. The Balaban J connectivity index is 4.94. The van der Waals surface area contributed by atoms with E-state index in [9.17, 15) is 4.39 Å². The number of hydrogen-bond donors (Lipinski definition) is 1. The van der Waals surface area contributed by atoms with Crippen LogP contribution in [0.5, 0.6) is 0 Å². The fourth-order valence-electron chi connectivity index (χ4n) is 2.45. The second-order valence-electron chi connectivity index (χ2n) is 6.91. The van der Waals surface area contributed by atoms with Crippen LogP contribution in [-0.4, -0.2) is 12.7 Å². The van der Waals surface area contributed by atoms with E-state index >= 15 is 0 Å². The van der Waals surface area contributed by atoms with E-state index in [0.717, 1.165) is 12.0 Å². The lowest BCUT2D eigenvalue weighted by molar-refractivity contribution is 0.0952. The summed E-state index contributed by atoms with van der Waals surface area (Å²) in [6.07, 6.45) is 2.09. The van der Waals surface area contributed by atoms with E-state index in [1.165, 1.54) is 0 Å². The van der Waals surface area contributed by atoms with Crippen LogP contribution >= 0.6 is 0 Å². The van der Waals surface area contributed by atoms with Crippen LogP contribution in [0.2, 0.25) is 0 Å². The molecule has 0 radical (unpaired) electrons. The summed E-state index contributed by atoms with van der Waals surface area (Å²) in [6.45, 7) is 15.2. The van der Waals surface area contributed by atoms with Crippen molar-refractivity contribution in [3.05, 3.63) is 11.6 Å². The number of halogens is 1. The minimum atomic E-state index is -0.850. The maximum Gasteiger partial charge on any atom is 0.118 e. The second kappa shape index (κ2) is 5.99. The van der Waals surface area contributed by atoms with Gasteiger partial charge in [0.1, 0.15) is 6.17 Å². The van der Waals surface area contributed by atoms with Gasteiger partial charge in [0.2, 0.25) is 0 Å². The highest BCUT2D eigenvalue weighted by atomic mass is 19.1. The molecule has 0 saturated carbocycles. The molecule has 17 heavy (non-hydrogen) atoms. The van der Waals surface area contributed by atoms with Crippen molar-refractivity contribution >= 4 is 0 Å². The van der Waals surface area contributed by atoms with Crippen molar-refractivity contribution in [3.8, 4) is 0 Å². The van der Waals surface area contributed by atoms with E-state index in [2.05, 4.69) is 34.6 Å². The summed E-state index contributed by atoms with van der Waals surface area (Å²) in [5, 5.41) is 0. The van der Waals surface area contributed by atoms with Gasteiger partial charge in [0.25, 0.3) is 0 Å². The van der Waals surface area contributed by atoms with E-state index < -0.39 is 6.17 Å². The summed E-state index contributed by atoms with van der Waals surface area (Å²) in [4.78, 5) is 0. The van der Waals surface area contributed by atoms with Crippen LogP contribution in [0.4, 0.5) is 4.39 Å². The molecule has 2 heteroatoms. The molecular weight excluding hydrogens is 213 g/mol. The molecule has 0 aromatic heterocycles. The van der Waals surface area contributed by atoms with Gasteiger partial charge in [-0.15, -0.1) is 0 Å². The quantitative estimate of drug-likeness (QED) is 0.715. The Morgan fingerprint density at radius 3 is 2.00 bits per heavy atom. The molecule has 2 atom stereocenters. The molecule has 0 heterocycles. The van der Waals surface area contributed by atoms with E-state index in [0.29, 0.717) is 12.5 Å². The molecule has 0 spiro atoms. The van der Waals surface area contributed by atoms with Gasteiger partial charge in [0, 0.05) is 0 Å². The van der Waals surface area contributed by atoms with E-state index in [-0.39, 0.29) is 10.8 Å². The summed E-state index contributed by atoms with van der Waals surface area (Å²) in [5.74, 6) is 0.452. The summed E-state index contributed by atoms with van der Waals surface area (Å²) < 4.78 is 13.1. The van der Waals surface area contributed by atoms with Crippen LogP contribution in [0.15, 0.2) is 11.6 Å². The van der Waals surface area contributed by atoms with Crippen LogP contribution in [0.3, 0.4) is 0 Å². The zero-order valence-electron chi connectivity index (χ0n) is 12.6. The Hall–Kier alpha value is -0.370. The van der Waals surface area contributed by atoms with Gasteiger partial charge >= 0.3 is 0 Å². The summed E-state index contributed by atoms with van der Waals surface area (Å²) in [7, 11) is 0. The van der Waals surface area contributed by atoms with Gasteiger partial charge < -0.3 is 5.73 Å². The molecule has 0 aromatic carbocycles. The Kier molecular flexibility index (Phi) is 5.86. The van der Waals surface area contributed by atoms with Crippen molar-refractivity contribution in [1.82, 2.24) is 0 Å². The maximum absolute atomic E-state index is 13.1. The Morgan fingerprint density at radius 1 is 1.24 bits per heavy atom. The lowest BCUT2D eigenvalue weighted by Gasteiger charge is -2.42. The molecule has 0 aliphatic heterocycles. The van der Waals surface area contributed by atoms with Gasteiger partial charge in [-0.1, -0.05) is 40.7 Å². The van der Waals surface area contributed by atoms with Gasteiger partial charge in [-0.25, -0.2) is 4.39 Å². The predicted octanol–water partition coefficient (Wildman–Crippen LogP) is 4.33. The van der Waals surface area contributed by atoms with Crippen molar-refractivity contribution in [3.63, 3.8) is 0 Å². The smallest absolute Gasteiger partial charge is 0.118 e. The van der Waals surface area contributed by atoms with Gasteiger partial charge in [-0.05, 0) is 49.1 Å². The third-order valence-electron chi connectivity index (χ3n) is 3.82. The highest BCUT2D eigenvalue weighted by Gasteiger charge is 2.36. The van der Waals surface area contributed by atoms with Crippen LogP contribution in [0.25, 0.3) is 0 Å². The molecule has 0 aliphatic carbocycles. The van der Waals surface area contributed by atoms with Crippen LogP contribution in [-0.2, 0) is 0 Å². The zero-order valence-corrected chi connectivity index (χ0v) is 12.6. The highest BCUT2D eigenvalue weighted by molar-refractivity contribution is 5.05. The SMILES string of the molecule is C/C(=C\C[C@H](C(C)(C)C)C(C)(C)CN)[C@@H](C)F. The lowest BCUT2D eigenvalue weighted by atomic mass is 9.64. The van der Waals surface area contributed by atoms with Crippen molar-refractivity contribution in [2.24, 2.45) is 22.5 Å². The topological polar surface area (TPSA) is 26.0 Å². The normalized spacial score (nSPS) is 18.1. The molecule has 2 N–H and O–H groups in total. The van der Waals surface area contributed by atoms with Crippen molar-refractivity contribution in [2.75, 3.05) is 6.54 Å². The van der Waals surface area contributed by atoms with Crippen molar-refractivity contribution in [2.45, 2.75) is 61.1 Å². The average Bonchev–Trinajstić information content (AvgIpc) is 2.15. The third-order valence-corrected chi connectivity index (χ3v) is 3.82.